The van der Waals surface area contributed by atoms with Crippen LogP contribution in [-0.2, 0) is 14.4 Å². The molecule has 1 rings (SSSR count). The van der Waals surface area contributed by atoms with E-state index in [1.807, 2.05) is 20.1 Å². The van der Waals surface area contributed by atoms with E-state index in [-0.39, 0.29) is 12.2 Å². The Hall–Kier alpha value is -1.86. The number of amides is 1. The van der Waals surface area contributed by atoms with Gasteiger partial charge in [-0.1, -0.05) is 19.9 Å². The number of carboxylic acid groups (broad SMARTS) is 1. The maximum Gasteiger partial charge on any atom is 0.326 e. The minimum absolute atomic E-state index is 0.0211. The van der Waals surface area contributed by atoms with Gasteiger partial charge in [0.25, 0.3) is 0 Å². The second kappa shape index (κ2) is 9.37. The average Bonchev–Trinajstić information content (AvgIpc) is 2.54. The molecule has 6 nitrogen and oxygen atoms in total. The van der Waals surface area contributed by atoms with Crippen molar-refractivity contribution in [1.29, 1.82) is 0 Å². The summed E-state index contributed by atoms with van der Waals surface area (Å²) < 4.78 is 0. The van der Waals surface area contributed by atoms with Crippen molar-refractivity contribution >= 4 is 29.4 Å². The number of aliphatic hydroxyl groups is 1. The molecule has 1 aliphatic carbocycles. The highest BCUT2D eigenvalue weighted by Crippen LogP contribution is 2.44. The number of thioether (sulfide) groups is 1. The Balaban J connectivity index is 2.91. The minimum atomic E-state index is -1.30. The predicted octanol–water partition coefficient (Wildman–Crippen LogP) is 2.49. The van der Waals surface area contributed by atoms with Crippen molar-refractivity contribution in [2.75, 3.05) is 12.0 Å². The maximum absolute atomic E-state index is 12.1. The van der Waals surface area contributed by atoms with Crippen LogP contribution >= 0.6 is 11.8 Å². The van der Waals surface area contributed by atoms with Gasteiger partial charge in [-0.25, -0.2) is 4.79 Å². The van der Waals surface area contributed by atoms with Crippen LogP contribution in [0.3, 0.4) is 0 Å². The molecular formula is C20H29NO5S. The molecule has 1 amide bonds. The summed E-state index contributed by atoms with van der Waals surface area (Å²) in [6, 6.07) is -0.935. The van der Waals surface area contributed by atoms with Crippen molar-refractivity contribution in [3.05, 3.63) is 35.5 Å². The Morgan fingerprint density at radius 1 is 1.41 bits per heavy atom. The third-order valence-corrected chi connectivity index (χ3v) is 5.44. The van der Waals surface area contributed by atoms with E-state index in [0.717, 1.165) is 0 Å². The number of ketones is 1. The number of carbonyl (C=O) groups is 3. The molecule has 27 heavy (non-hydrogen) atoms. The summed E-state index contributed by atoms with van der Waals surface area (Å²) in [5.41, 5.74) is -0.849. The fourth-order valence-electron chi connectivity index (χ4n) is 3.08. The van der Waals surface area contributed by atoms with Crippen LogP contribution in [0.2, 0.25) is 0 Å². The number of hydrogen-bond acceptors (Lipinski definition) is 5. The number of allylic oxidation sites excluding steroid dienone is 3. The van der Waals surface area contributed by atoms with E-state index in [0.29, 0.717) is 23.3 Å². The van der Waals surface area contributed by atoms with Crippen LogP contribution in [0.1, 0.15) is 40.5 Å². The molecule has 3 N–H and O–H groups in total. The zero-order valence-corrected chi connectivity index (χ0v) is 17.4. The fourth-order valence-corrected chi connectivity index (χ4v) is 3.55. The molecule has 0 heterocycles. The lowest BCUT2D eigenvalue weighted by Gasteiger charge is -2.44. The summed E-state index contributed by atoms with van der Waals surface area (Å²) in [5, 5.41) is 22.7. The molecule has 0 saturated heterocycles. The van der Waals surface area contributed by atoms with Crippen LogP contribution in [-0.4, -0.2) is 51.5 Å². The Kier molecular flexibility index (Phi) is 8.04. The first-order chi connectivity index (χ1) is 12.4. The molecule has 0 bridgehead atoms. The van der Waals surface area contributed by atoms with Gasteiger partial charge < -0.3 is 15.5 Å². The van der Waals surface area contributed by atoms with Gasteiger partial charge in [-0.15, -0.1) is 0 Å². The molecule has 0 aromatic rings. The smallest absolute Gasteiger partial charge is 0.326 e. The molecule has 7 heteroatoms. The lowest BCUT2D eigenvalue weighted by molar-refractivity contribution is -0.141. The van der Waals surface area contributed by atoms with Crippen LogP contribution in [0.25, 0.3) is 0 Å². The van der Waals surface area contributed by atoms with Crippen LogP contribution in [0, 0.1) is 5.41 Å². The van der Waals surface area contributed by atoms with Crippen molar-refractivity contribution in [2.45, 2.75) is 52.2 Å². The summed E-state index contributed by atoms with van der Waals surface area (Å²) in [6.07, 6.45) is 8.40. The molecule has 0 saturated carbocycles. The molecule has 0 aromatic heterocycles. The Labute approximate surface area is 164 Å². The Bertz CT molecular complexity index is 692. The van der Waals surface area contributed by atoms with Crippen molar-refractivity contribution in [1.82, 2.24) is 5.32 Å². The molecule has 0 aliphatic heterocycles. The van der Waals surface area contributed by atoms with Crippen molar-refractivity contribution in [3.8, 4) is 0 Å². The zero-order valence-electron chi connectivity index (χ0n) is 16.5. The lowest BCUT2D eigenvalue weighted by atomic mass is 9.64. The van der Waals surface area contributed by atoms with E-state index in [2.05, 4.69) is 5.32 Å². The number of carbonyl (C=O) groups excluding carboxylic acids is 2. The molecular weight excluding hydrogens is 366 g/mol. The third kappa shape index (κ3) is 6.07. The average molecular weight is 396 g/mol. The number of hydrogen-bond donors (Lipinski definition) is 3. The summed E-state index contributed by atoms with van der Waals surface area (Å²) in [4.78, 5) is 35.1. The Morgan fingerprint density at radius 2 is 2.04 bits per heavy atom. The van der Waals surface area contributed by atoms with Gasteiger partial charge in [0.05, 0.1) is 0 Å². The first-order valence-electron chi connectivity index (χ1n) is 8.76. The zero-order chi connectivity index (χ0) is 20.8. The van der Waals surface area contributed by atoms with E-state index in [4.69, 9.17) is 0 Å². The van der Waals surface area contributed by atoms with Crippen LogP contribution in [0.5, 0.6) is 0 Å². The topological polar surface area (TPSA) is 104 Å². The van der Waals surface area contributed by atoms with E-state index < -0.39 is 28.9 Å². The molecule has 1 aliphatic rings. The van der Waals surface area contributed by atoms with Crippen LogP contribution in [0.15, 0.2) is 35.5 Å². The summed E-state index contributed by atoms with van der Waals surface area (Å²) in [5.74, 6) is -0.954. The molecule has 150 valence electrons. The standard InChI is InChI=1S/C20H29NO5S/c1-13(10-17(23)21-16(18(24)25)7-9-27-5)6-8-20(26)14(2)11-15(22)12-19(20,3)4/h6,8,10-11,16,26H,7,9,12H2,1-5H3,(H,21,23)(H,24,25)/b8-6+,13-10-/t16-,20-/m0/s1. The van der Waals surface area contributed by atoms with E-state index >= 15 is 0 Å². The van der Waals surface area contributed by atoms with Gasteiger partial charge in [-0.3, -0.25) is 9.59 Å². The first-order valence-corrected chi connectivity index (χ1v) is 10.2. The Morgan fingerprint density at radius 3 is 2.56 bits per heavy atom. The largest absolute Gasteiger partial charge is 0.480 e. The minimum Gasteiger partial charge on any atom is -0.480 e. The second-order valence-electron chi connectivity index (χ2n) is 7.52. The van der Waals surface area contributed by atoms with Gasteiger partial charge >= 0.3 is 5.97 Å². The monoisotopic (exact) mass is 395 g/mol. The van der Waals surface area contributed by atoms with Gasteiger partial charge in [-0.05, 0) is 55.6 Å². The molecule has 0 fully saturated rings. The molecule has 2 atom stereocenters. The highest BCUT2D eigenvalue weighted by Gasteiger charge is 2.46. The number of nitrogens with one attached hydrogen (secondary N) is 1. The number of aliphatic carboxylic acids is 1. The molecule has 0 spiro atoms. The highest BCUT2D eigenvalue weighted by molar-refractivity contribution is 7.98. The van der Waals surface area contributed by atoms with Crippen LogP contribution < -0.4 is 5.32 Å². The summed E-state index contributed by atoms with van der Waals surface area (Å²) in [7, 11) is 0. The van der Waals surface area contributed by atoms with Gasteiger partial charge in [0.15, 0.2) is 5.78 Å². The van der Waals surface area contributed by atoms with Gasteiger partial charge in [0.2, 0.25) is 5.91 Å². The lowest BCUT2D eigenvalue weighted by Crippen LogP contribution is -2.48. The first kappa shape index (κ1) is 23.2. The molecule has 0 radical (unpaired) electrons. The van der Waals surface area contributed by atoms with Crippen molar-refractivity contribution in [3.63, 3.8) is 0 Å². The van der Waals surface area contributed by atoms with Crippen molar-refractivity contribution in [2.24, 2.45) is 5.41 Å². The van der Waals surface area contributed by atoms with Gasteiger partial charge in [-0.2, -0.15) is 11.8 Å². The van der Waals surface area contributed by atoms with E-state index in [1.54, 1.807) is 26.0 Å². The van der Waals surface area contributed by atoms with E-state index in [9.17, 15) is 24.6 Å². The van der Waals surface area contributed by atoms with E-state index in [1.165, 1.54) is 23.9 Å². The van der Waals surface area contributed by atoms with Crippen LogP contribution in [0.4, 0.5) is 0 Å². The normalized spacial score (nSPS) is 23.9. The SMILES string of the molecule is CSCC[C@H](NC(=O)/C=C(C)\C=C\[C@]1(O)C(C)=CC(=O)CC1(C)C)C(=O)O. The molecule has 0 aromatic carbocycles. The van der Waals surface area contributed by atoms with Gasteiger partial charge in [0, 0.05) is 17.9 Å². The number of carboxylic acids is 1. The summed E-state index contributed by atoms with van der Waals surface area (Å²) in [6.45, 7) is 7.04. The molecule has 0 unspecified atom stereocenters. The quantitative estimate of drug-likeness (QED) is 0.431. The summed E-state index contributed by atoms with van der Waals surface area (Å²) >= 11 is 1.51. The third-order valence-electron chi connectivity index (χ3n) is 4.80. The maximum atomic E-state index is 12.1. The van der Waals surface area contributed by atoms with Gasteiger partial charge in [0.1, 0.15) is 11.6 Å². The fraction of sp³-hybridized carbons (Fsp3) is 0.550. The second-order valence-corrected chi connectivity index (χ2v) is 8.51. The highest BCUT2D eigenvalue weighted by atomic mass is 32.2. The predicted molar refractivity (Wildman–Crippen MR) is 108 cm³/mol. The number of rotatable bonds is 8. The van der Waals surface area contributed by atoms with Crippen molar-refractivity contribution < 1.29 is 24.6 Å².